The van der Waals surface area contributed by atoms with Crippen LogP contribution in [0.2, 0.25) is 0 Å². The van der Waals surface area contributed by atoms with Gasteiger partial charge in [-0.05, 0) is 30.4 Å². The van der Waals surface area contributed by atoms with Crippen LogP contribution in [0.4, 0.5) is 5.69 Å². The van der Waals surface area contributed by atoms with Gasteiger partial charge in [-0.3, -0.25) is 9.59 Å². The van der Waals surface area contributed by atoms with Gasteiger partial charge in [0.1, 0.15) is 6.11 Å². The van der Waals surface area contributed by atoms with Gasteiger partial charge in [0.05, 0.1) is 0 Å². The molecule has 4 nitrogen and oxygen atoms in total. The molecule has 1 unspecified atom stereocenters. The van der Waals surface area contributed by atoms with E-state index >= 15 is 0 Å². The third-order valence-corrected chi connectivity index (χ3v) is 3.42. The van der Waals surface area contributed by atoms with Crippen molar-refractivity contribution in [1.82, 2.24) is 0 Å². The lowest BCUT2D eigenvalue weighted by molar-refractivity contribution is -0.137. The summed E-state index contributed by atoms with van der Waals surface area (Å²) < 4.78 is 4.76. The number of carbonyl (C=O) groups is 2. The molecule has 23 heavy (non-hydrogen) atoms. The van der Waals surface area contributed by atoms with Crippen molar-refractivity contribution in [2.75, 3.05) is 5.32 Å². The normalized spacial score (nSPS) is 15.0. The molecule has 0 spiro atoms. The van der Waals surface area contributed by atoms with Crippen LogP contribution in [-0.4, -0.2) is 11.9 Å². The molecule has 0 aliphatic carbocycles. The lowest BCUT2D eigenvalue weighted by Crippen LogP contribution is -2.30. The van der Waals surface area contributed by atoms with Crippen LogP contribution < -0.4 is 5.32 Å². The highest BCUT2D eigenvalue weighted by Gasteiger charge is 2.26. The first-order chi connectivity index (χ1) is 11.2. The molecule has 0 aromatic heterocycles. The summed E-state index contributed by atoms with van der Waals surface area (Å²) in [5, 5.41) is 2.86. The van der Waals surface area contributed by atoms with Crippen molar-refractivity contribution in [3.05, 3.63) is 42.5 Å². The predicted octanol–water partition coefficient (Wildman–Crippen LogP) is 2.66. The minimum atomic E-state index is -0.449. The molecule has 0 fully saturated rings. The Labute approximate surface area is 135 Å². The molecule has 0 radical (unpaired) electrons. The molecule has 0 saturated carbocycles. The Kier molecular flexibility index (Phi) is 6.03. The minimum absolute atomic E-state index is 0.0575. The van der Waals surface area contributed by atoms with Crippen LogP contribution in [-0.2, 0) is 20.7 Å². The Morgan fingerprint density at radius 3 is 3.04 bits per heavy atom. The Balaban J connectivity index is 1.80. The fourth-order valence-corrected chi connectivity index (χ4v) is 2.26. The van der Waals surface area contributed by atoms with Gasteiger partial charge in [0.15, 0.2) is 0 Å². The summed E-state index contributed by atoms with van der Waals surface area (Å²) >= 11 is 0. The van der Waals surface area contributed by atoms with Gasteiger partial charge >= 0.3 is 5.97 Å². The first-order valence-electron chi connectivity index (χ1n) is 7.38. The molecule has 4 heteroatoms. The van der Waals surface area contributed by atoms with E-state index in [0.717, 1.165) is 11.3 Å². The van der Waals surface area contributed by atoms with Crippen LogP contribution in [0.1, 0.15) is 24.8 Å². The summed E-state index contributed by atoms with van der Waals surface area (Å²) in [6, 6.07) is 7.67. The number of allylic oxidation sites excluding steroid dienone is 1. The number of benzene rings is 1. The Bertz CT molecular complexity index is 728. The van der Waals surface area contributed by atoms with E-state index < -0.39 is 5.97 Å². The van der Waals surface area contributed by atoms with Crippen molar-refractivity contribution in [2.45, 2.75) is 25.7 Å². The molecule has 1 atom stereocenters. The monoisotopic (exact) mass is 307 g/mol. The van der Waals surface area contributed by atoms with Gasteiger partial charge < -0.3 is 10.1 Å². The highest BCUT2D eigenvalue weighted by atomic mass is 16.5. The first kappa shape index (κ1) is 16.4. The summed E-state index contributed by atoms with van der Waals surface area (Å²) in [5.74, 6) is 6.96. The number of anilines is 1. The molecule has 116 valence electrons. The zero-order valence-electron chi connectivity index (χ0n) is 12.7. The molecule has 1 amide bonds. The number of carbonyl (C=O) groups excluding carboxylic acids is 2. The maximum absolute atomic E-state index is 12.0. The summed E-state index contributed by atoms with van der Waals surface area (Å²) in [6.45, 7) is 3.53. The first-order valence-corrected chi connectivity index (χ1v) is 7.38. The smallest absolute Gasteiger partial charge is 0.319 e. The lowest BCUT2D eigenvalue weighted by atomic mass is 9.90. The second-order valence-electron chi connectivity index (χ2n) is 5.08. The standard InChI is InChI=1S/C19H17NO3/c1-2-3-4-5-8-13-23-18(21)12-11-16-14-15-9-6-7-10-17(15)20-19(16)22/h2,6-7,9-10,16H,1,3,11-12,14H2,(H,20,22). The zero-order chi connectivity index (χ0) is 16.5. The van der Waals surface area contributed by atoms with E-state index in [-0.39, 0.29) is 18.2 Å². The van der Waals surface area contributed by atoms with Gasteiger partial charge in [-0.1, -0.05) is 30.2 Å². The Morgan fingerprint density at radius 2 is 2.22 bits per heavy atom. The molecule has 1 aliphatic rings. The van der Waals surface area contributed by atoms with E-state index in [1.54, 1.807) is 6.08 Å². The average molecular weight is 307 g/mol. The maximum atomic E-state index is 12.0. The Hall–Kier alpha value is -2.98. The van der Waals surface area contributed by atoms with Gasteiger partial charge in [0.25, 0.3) is 0 Å². The minimum Gasteiger partial charge on any atom is -0.371 e. The number of esters is 1. The van der Waals surface area contributed by atoms with Crippen molar-refractivity contribution in [3.63, 3.8) is 0 Å². The molecule has 1 N–H and O–H groups in total. The summed E-state index contributed by atoms with van der Waals surface area (Å²) in [5.41, 5.74) is 1.93. The zero-order valence-corrected chi connectivity index (χ0v) is 12.7. The topological polar surface area (TPSA) is 55.4 Å². The SMILES string of the molecule is C=CCC#CC#COC(=O)CCC1Cc2ccccc2NC1=O. The molecule has 1 aromatic rings. The summed E-state index contributed by atoms with van der Waals surface area (Å²) in [7, 11) is 0. The number of amides is 1. The van der Waals surface area contributed by atoms with Crippen LogP contribution in [0, 0.1) is 29.8 Å². The number of hydrogen-bond acceptors (Lipinski definition) is 3. The van der Waals surface area contributed by atoms with Crippen LogP contribution in [0.3, 0.4) is 0 Å². The highest BCUT2D eigenvalue weighted by Crippen LogP contribution is 2.27. The van der Waals surface area contributed by atoms with Crippen LogP contribution in [0.15, 0.2) is 36.9 Å². The number of para-hydroxylation sites is 1. The largest absolute Gasteiger partial charge is 0.371 e. The highest BCUT2D eigenvalue weighted by molar-refractivity contribution is 5.95. The third kappa shape index (κ3) is 5.05. The second-order valence-corrected chi connectivity index (χ2v) is 5.08. The number of rotatable bonds is 4. The van der Waals surface area contributed by atoms with E-state index in [2.05, 4.69) is 35.8 Å². The maximum Gasteiger partial charge on any atom is 0.319 e. The van der Waals surface area contributed by atoms with Crippen LogP contribution >= 0.6 is 0 Å². The van der Waals surface area contributed by atoms with E-state index in [1.807, 2.05) is 24.3 Å². The molecule has 1 aromatic carbocycles. The van der Waals surface area contributed by atoms with Crippen molar-refractivity contribution >= 4 is 17.6 Å². The van der Waals surface area contributed by atoms with Gasteiger partial charge in [-0.25, -0.2) is 0 Å². The van der Waals surface area contributed by atoms with Crippen molar-refractivity contribution < 1.29 is 14.3 Å². The summed E-state index contributed by atoms with van der Waals surface area (Å²) in [4.78, 5) is 23.6. The lowest BCUT2D eigenvalue weighted by Gasteiger charge is -2.24. The molecule has 0 bridgehead atoms. The van der Waals surface area contributed by atoms with Crippen molar-refractivity contribution in [1.29, 1.82) is 0 Å². The van der Waals surface area contributed by atoms with Gasteiger partial charge in [-0.2, -0.15) is 0 Å². The average Bonchev–Trinajstić information content (AvgIpc) is 2.56. The number of ether oxygens (including phenoxy) is 1. The van der Waals surface area contributed by atoms with Gasteiger partial charge in [0, 0.05) is 30.4 Å². The fraction of sp³-hybridized carbons (Fsp3) is 0.263. The summed E-state index contributed by atoms with van der Waals surface area (Å²) in [6.07, 6.45) is 5.67. The molecule has 1 aliphatic heterocycles. The number of nitrogens with one attached hydrogen (secondary N) is 1. The second kappa shape index (κ2) is 8.46. The molecule has 1 heterocycles. The van der Waals surface area contributed by atoms with E-state index in [1.165, 1.54) is 0 Å². The third-order valence-electron chi connectivity index (χ3n) is 3.42. The Morgan fingerprint density at radius 1 is 1.39 bits per heavy atom. The van der Waals surface area contributed by atoms with Crippen LogP contribution in [0.25, 0.3) is 0 Å². The van der Waals surface area contributed by atoms with Crippen molar-refractivity contribution in [2.24, 2.45) is 5.92 Å². The number of fused-ring (bicyclic) bond motifs is 1. The molecule has 0 saturated heterocycles. The van der Waals surface area contributed by atoms with Gasteiger partial charge in [0.2, 0.25) is 5.91 Å². The molecular formula is C19H17NO3. The van der Waals surface area contributed by atoms with Crippen molar-refractivity contribution in [3.8, 4) is 23.9 Å². The van der Waals surface area contributed by atoms with Gasteiger partial charge in [-0.15, -0.1) is 6.58 Å². The quantitative estimate of drug-likeness (QED) is 0.528. The number of hydrogen-bond donors (Lipinski definition) is 1. The molecule has 2 rings (SSSR count). The van der Waals surface area contributed by atoms with Crippen LogP contribution in [0.5, 0.6) is 0 Å². The fourth-order valence-electron chi connectivity index (χ4n) is 2.26. The van der Waals surface area contributed by atoms with E-state index in [4.69, 9.17) is 4.74 Å². The molecular weight excluding hydrogens is 290 g/mol. The van der Waals surface area contributed by atoms with E-state index in [9.17, 15) is 9.59 Å². The predicted molar refractivity (Wildman–Crippen MR) is 88.0 cm³/mol. The van der Waals surface area contributed by atoms with E-state index in [0.29, 0.717) is 19.3 Å².